The summed E-state index contributed by atoms with van der Waals surface area (Å²) in [5, 5.41) is 0. The van der Waals surface area contributed by atoms with Crippen molar-refractivity contribution < 1.29 is 4.74 Å². The Kier molecular flexibility index (Phi) is 4.62. The molecule has 1 atom stereocenters. The molecule has 1 aliphatic carbocycles. The molecule has 0 aromatic carbocycles. The Hall–Kier alpha value is -0.120. The fourth-order valence-electron chi connectivity index (χ4n) is 3.06. The summed E-state index contributed by atoms with van der Waals surface area (Å²) in [6, 6.07) is 1.25. The summed E-state index contributed by atoms with van der Waals surface area (Å²) in [5.74, 6) is 0.774. The first-order valence-electron chi connectivity index (χ1n) is 6.87. The average molecular weight is 226 g/mol. The van der Waals surface area contributed by atoms with Crippen LogP contribution in [0.1, 0.15) is 39.0 Å². The Labute approximate surface area is 99.3 Å². The first kappa shape index (κ1) is 12.3. The molecule has 1 aliphatic heterocycles. The number of nitrogens with two attached hydrogens (primary N) is 1. The van der Waals surface area contributed by atoms with Crippen molar-refractivity contribution in [3.63, 3.8) is 0 Å². The van der Waals surface area contributed by atoms with Gasteiger partial charge in [0.25, 0.3) is 0 Å². The summed E-state index contributed by atoms with van der Waals surface area (Å²) < 4.78 is 5.46. The van der Waals surface area contributed by atoms with E-state index in [1.54, 1.807) is 0 Å². The van der Waals surface area contributed by atoms with Crippen LogP contribution in [0, 0.1) is 5.92 Å². The molecule has 0 bridgehead atoms. The predicted molar refractivity (Wildman–Crippen MR) is 66.4 cm³/mol. The summed E-state index contributed by atoms with van der Waals surface area (Å²) in [7, 11) is 0. The maximum atomic E-state index is 5.96. The zero-order chi connectivity index (χ0) is 11.4. The lowest BCUT2D eigenvalue weighted by atomic mass is 9.90. The summed E-state index contributed by atoms with van der Waals surface area (Å²) in [4.78, 5) is 2.66. The van der Waals surface area contributed by atoms with Gasteiger partial charge in [0.1, 0.15) is 0 Å². The molecule has 0 amide bonds. The minimum absolute atomic E-state index is 0.463. The van der Waals surface area contributed by atoms with Crippen LogP contribution in [-0.4, -0.2) is 43.3 Å². The van der Waals surface area contributed by atoms with Gasteiger partial charge in [-0.2, -0.15) is 0 Å². The minimum atomic E-state index is 0.463. The van der Waals surface area contributed by atoms with Crippen molar-refractivity contribution in [2.45, 2.75) is 51.1 Å². The van der Waals surface area contributed by atoms with Crippen molar-refractivity contribution in [3.8, 4) is 0 Å². The summed E-state index contributed by atoms with van der Waals surface area (Å²) in [5.41, 5.74) is 5.96. The van der Waals surface area contributed by atoms with Gasteiger partial charge in [0.2, 0.25) is 0 Å². The van der Waals surface area contributed by atoms with E-state index < -0.39 is 0 Å². The Balaban J connectivity index is 1.79. The van der Waals surface area contributed by atoms with Gasteiger partial charge in [-0.15, -0.1) is 0 Å². The van der Waals surface area contributed by atoms with E-state index in [0.29, 0.717) is 6.04 Å². The maximum absolute atomic E-state index is 5.96. The van der Waals surface area contributed by atoms with Crippen LogP contribution in [0.25, 0.3) is 0 Å². The first-order valence-corrected chi connectivity index (χ1v) is 6.87. The summed E-state index contributed by atoms with van der Waals surface area (Å²) in [6.07, 6.45) is 6.26. The van der Waals surface area contributed by atoms with Gasteiger partial charge >= 0.3 is 0 Å². The number of nitrogens with zero attached hydrogens (tertiary/aromatic N) is 1. The number of hydrogen-bond donors (Lipinski definition) is 1. The molecule has 1 heterocycles. The molecule has 16 heavy (non-hydrogen) atoms. The van der Waals surface area contributed by atoms with E-state index >= 15 is 0 Å². The lowest BCUT2D eigenvalue weighted by Gasteiger charge is -2.36. The third-order valence-electron chi connectivity index (χ3n) is 4.18. The molecule has 1 unspecified atom stereocenters. The highest BCUT2D eigenvalue weighted by Crippen LogP contribution is 2.24. The number of hydrogen-bond acceptors (Lipinski definition) is 3. The fraction of sp³-hybridized carbons (Fsp3) is 1.00. The summed E-state index contributed by atoms with van der Waals surface area (Å²) in [6.45, 7) is 6.64. The van der Waals surface area contributed by atoms with E-state index in [4.69, 9.17) is 10.5 Å². The van der Waals surface area contributed by atoms with E-state index in [0.717, 1.165) is 25.2 Å². The molecule has 1 saturated heterocycles. The van der Waals surface area contributed by atoms with Gasteiger partial charge < -0.3 is 15.4 Å². The van der Waals surface area contributed by atoms with Gasteiger partial charge in [0.15, 0.2) is 0 Å². The van der Waals surface area contributed by atoms with Crippen molar-refractivity contribution in [2.24, 2.45) is 11.7 Å². The molecule has 2 fully saturated rings. The molecule has 3 heteroatoms. The maximum Gasteiger partial charge on any atom is 0.0507 e. The smallest absolute Gasteiger partial charge is 0.0507 e. The van der Waals surface area contributed by atoms with Gasteiger partial charge in [-0.3, -0.25) is 0 Å². The Bertz CT molecular complexity index is 196. The molecule has 0 radical (unpaired) electrons. The molecule has 2 aliphatic rings. The highest BCUT2D eigenvalue weighted by Gasteiger charge is 2.26. The van der Waals surface area contributed by atoms with Crippen molar-refractivity contribution in [2.75, 3.05) is 26.3 Å². The number of rotatable bonds is 4. The van der Waals surface area contributed by atoms with Gasteiger partial charge in [0.05, 0.1) is 6.61 Å². The van der Waals surface area contributed by atoms with Crippen LogP contribution in [0.5, 0.6) is 0 Å². The molecule has 0 spiro atoms. The minimum Gasteiger partial charge on any atom is -0.381 e. The normalized spacial score (nSPS) is 35.8. The quantitative estimate of drug-likeness (QED) is 0.791. The summed E-state index contributed by atoms with van der Waals surface area (Å²) >= 11 is 0. The Morgan fingerprint density at radius 3 is 2.50 bits per heavy atom. The van der Waals surface area contributed by atoms with Gasteiger partial charge in [-0.05, 0) is 44.6 Å². The van der Waals surface area contributed by atoms with Crippen LogP contribution < -0.4 is 5.73 Å². The molecule has 0 aromatic rings. The molecule has 94 valence electrons. The third kappa shape index (κ3) is 3.19. The predicted octanol–water partition coefficient (Wildman–Crippen LogP) is 1.61. The van der Waals surface area contributed by atoms with Crippen LogP contribution in [0.4, 0.5) is 0 Å². The molecular formula is C13H26N2O. The molecule has 0 aromatic heterocycles. The van der Waals surface area contributed by atoms with Gasteiger partial charge in [-0.1, -0.05) is 6.92 Å². The van der Waals surface area contributed by atoms with E-state index in [1.807, 2.05) is 0 Å². The number of ether oxygens (including phenoxy) is 1. The van der Waals surface area contributed by atoms with Crippen LogP contribution in [0.2, 0.25) is 0 Å². The third-order valence-corrected chi connectivity index (χ3v) is 4.18. The van der Waals surface area contributed by atoms with Crippen molar-refractivity contribution in [3.05, 3.63) is 0 Å². The molecule has 2 rings (SSSR count). The second kappa shape index (κ2) is 5.99. The second-order valence-corrected chi connectivity index (χ2v) is 5.39. The highest BCUT2D eigenvalue weighted by atomic mass is 16.5. The molecule has 1 saturated carbocycles. The van der Waals surface area contributed by atoms with Crippen LogP contribution >= 0.6 is 0 Å². The zero-order valence-electron chi connectivity index (χ0n) is 10.5. The van der Waals surface area contributed by atoms with E-state index in [2.05, 4.69) is 11.8 Å². The van der Waals surface area contributed by atoms with Crippen LogP contribution in [0.15, 0.2) is 0 Å². The molecule has 3 nitrogen and oxygen atoms in total. The largest absolute Gasteiger partial charge is 0.381 e. The lowest BCUT2D eigenvalue weighted by Crippen LogP contribution is -2.43. The standard InChI is InChI=1S/C13H26N2O/c1-2-15(9-11-7-8-16-10-11)13-5-3-12(14)4-6-13/h11-13H,2-10,14H2,1H3. The highest BCUT2D eigenvalue weighted by molar-refractivity contribution is 4.82. The van der Waals surface area contributed by atoms with Crippen molar-refractivity contribution in [1.29, 1.82) is 0 Å². The monoisotopic (exact) mass is 226 g/mol. The Morgan fingerprint density at radius 1 is 1.19 bits per heavy atom. The van der Waals surface area contributed by atoms with Gasteiger partial charge in [-0.25, -0.2) is 0 Å². The average Bonchev–Trinajstić information content (AvgIpc) is 2.80. The van der Waals surface area contributed by atoms with E-state index in [9.17, 15) is 0 Å². The van der Waals surface area contributed by atoms with E-state index in [-0.39, 0.29) is 0 Å². The zero-order valence-corrected chi connectivity index (χ0v) is 10.5. The SMILES string of the molecule is CCN(CC1CCOC1)C1CCC(N)CC1. The van der Waals surface area contributed by atoms with Crippen LogP contribution in [0.3, 0.4) is 0 Å². The van der Waals surface area contributed by atoms with Crippen molar-refractivity contribution >= 4 is 0 Å². The first-order chi connectivity index (χ1) is 7.79. The fourth-order valence-corrected chi connectivity index (χ4v) is 3.06. The van der Waals surface area contributed by atoms with Crippen LogP contribution in [-0.2, 0) is 4.74 Å². The lowest BCUT2D eigenvalue weighted by molar-refractivity contribution is 0.122. The topological polar surface area (TPSA) is 38.5 Å². The molecular weight excluding hydrogens is 200 g/mol. The van der Waals surface area contributed by atoms with Gasteiger partial charge in [0, 0.05) is 25.2 Å². The Morgan fingerprint density at radius 2 is 1.94 bits per heavy atom. The van der Waals surface area contributed by atoms with E-state index in [1.165, 1.54) is 45.2 Å². The van der Waals surface area contributed by atoms with Crippen molar-refractivity contribution in [1.82, 2.24) is 4.90 Å². The second-order valence-electron chi connectivity index (χ2n) is 5.39. The molecule has 2 N–H and O–H groups in total.